The molecule has 4 atom stereocenters. The van der Waals surface area contributed by atoms with Crippen molar-refractivity contribution in [1.29, 1.82) is 0 Å². The van der Waals surface area contributed by atoms with Crippen LogP contribution in [0, 0.1) is 5.92 Å². The number of rotatable bonds is 3. The molecule has 23 heavy (non-hydrogen) atoms. The van der Waals surface area contributed by atoms with E-state index in [0.29, 0.717) is 11.6 Å². The molecule has 3 heterocycles. The van der Waals surface area contributed by atoms with Crippen molar-refractivity contribution < 1.29 is 9.53 Å². The third-order valence-electron chi connectivity index (χ3n) is 5.58. The number of ether oxygens (including phenoxy) is 1. The third kappa shape index (κ3) is 2.38. The molecule has 7 heteroatoms. The van der Waals surface area contributed by atoms with Gasteiger partial charge in [-0.15, -0.1) is 0 Å². The van der Waals surface area contributed by atoms with Gasteiger partial charge in [0, 0.05) is 43.3 Å². The van der Waals surface area contributed by atoms with Crippen molar-refractivity contribution in [2.75, 3.05) is 34.3 Å². The lowest BCUT2D eigenvalue weighted by molar-refractivity contribution is -0.0664. The number of nitrogens with one attached hydrogen (secondary N) is 2. The molecule has 0 unspecified atom stereocenters. The third-order valence-corrected chi connectivity index (χ3v) is 5.58. The standard InChI is InChI=1S/C16H25N5O2/c1-20(2)14-12(9-5-7-23-15(9)14)17-16(22)13-10-8-21(3)6-4-11(10)18-19-13/h9,12,14-15H,4-8H2,1-3H3,(H,17,22)(H,18,19)/t9-,12+,14-,15-/m0/s1. The summed E-state index contributed by atoms with van der Waals surface area (Å²) in [6, 6.07) is 0.405. The molecule has 2 fully saturated rings. The molecule has 126 valence electrons. The Hall–Kier alpha value is -1.44. The molecule has 1 amide bonds. The average Bonchev–Trinajstić information content (AvgIpc) is 3.08. The van der Waals surface area contributed by atoms with Crippen molar-refractivity contribution in [3.8, 4) is 0 Å². The number of fused-ring (bicyclic) bond motifs is 2. The van der Waals surface area contributed by atoms with Gasteiger partial charge in [0.05, 0.1) is 18.2 Å². The second-order valence-electron chi connectivity index (χ2n) is 7.26. The molecule has 1 saturated carbocycles. The van der Waals surface area contributed by atoms with Crippen molar-refractivity contribution in [3.63, 3.8) is 0 Å². The Bertz CT molecular complexity index is 614. The van der Waals surface area contributed by atoms with Gasteiger partial charge < -0.3 is 19.9 Å². The monoisotopic (exact) mass is 319 g/mol. The van der Waals surface area contributed by atoms with E-state index in [2.05, 4.69) is 32.4 Å². The van der Waals surface area contributed by atoms with Crippen LogP contribution < -0.4 is 5.32 Å². The summed E-state index contributed by atoms with van der Waals surface area (Å²) in [4.78, 5) is 17.2. The molecule has 0 radical (unpaired) electrons. The zero-order chi connectivity index (χ0) is 16.1. The normalized spacial score (nSPS) is 33.2. The topological polar surface area (TPSA) is 73.5 Å². The van der Waals surface area contributed by atoms with Crippen molar-refractivity contribution in [2.24, 2.45) is 5.92 Å². The molecule has 0 spiro atoms. The molecule has 4 rings (SSSR count). The fourth-order valence-electron chi connectivity index (χ4n) is 4.32. The van der Waals surface area contributed by atoms with Crippen LogP contribution in [0.2, 0.25) is 0 Å². The molecule has 1 aliphatic carbocycles. The van der Waals surface area contributed by atoms with Gasteiger partial charge in [-0.1, -0.05) is 0 Å². The van der Waals surface area contributed by atoms with E-state index >= 15 is 0 Å². The minimum absolute atomic E-state index is 0.0556. The van der Waals surface area contributed by atoms with Crippen molar-refractivity contribution in [2.45, 2.75) is 37.6 Å². The number of aromatic nitrogens is 2. The number of hydrogen-bond acceptors (Lipinski definition) is 5. The van der Waals surface area contributed by atoms with E-state index in [1.54, 1.807) is 0 Å². The van der Waals surface area contributed by atoms with E-state index in [-0.39, 0.29) is 24.1 Å². The minimum Gasteiger partial charge on any atom is -0.376 e. The predicted molar refractivity (Wildman–Crippen MR) is 85.2 cm³/mol. The number of aromatic amines is 1. The lowest BCUT2D eigenvalue weighted by Gasteiger charge is -2.50. The van der Waals surface area contributed by atoms with E-state index in [0.717, 1.165) is 43.8 Å². The number of carbonyl (C=O) groups excluding carboxylic acids is 1. The minimum atomic E-state index is -0.0556. The van der Waals surface area contributed by atoms with E-state index in [4.69, 9.17) is 4.74 Å². The smallest absolute Gasteiger partial charge is 0.272 e. The maximum Gasteiger partial charge on any atom is 0.272 e. The van der Waals surface area contributed by atoms with Crippen LogP contribution in [-0.2, 0) is 17.7 Å². The van der Waals surface area contributed by atoms with Gasteiger partial charge in [0.1, 0.15) is 0 Å². The van der Waals surface area contributed by atoms with Crippen LogP contribution in [-0.4, -0.2) is 78.4 Å². The molecule has 7 nitrogen and oxygen atoms in total. The summed E-state index contributed by atoms with van der Waals surface area (Å²) in [6.45, 7) is 2.59. The van der Waals surface area contributed by atoms with Crippen molar-refractivity contribution in [1.82, 2.24) is 25.3 Å². The van der Waals surface area contributed by atoms with Crippen LogP contribution in [0.25, 0.3) is 0 Å². The van der Waals surface area contributed by atoms with Crippen molar-refractivity contribution in [3.05, 3.63) is 17.0 Å². The van der Waals surface area contributed by atoms with Crippen LogP contribution in [0.4, 0.5) is 0 Å². The van der Waals surface area contributed by atoms with Crippen LogP contribution in [0.15, 0.2) is 0 Å². The molecule has 1 saturated heterocycles. The van der Waals surface area contributed by atoms with Crippen molar-refractivity contribution >= 4 is 5.91 Å². The maximum absolute atomic E-state index is 12.8. The van der Waals surface area contributed by atoms with Crippen LogP contribution in [0.3, 0.4) is 0 Å². The van der Waals surface area contributed by atoms with Crippen LogP contribution >= 0.6 is 0 Å². The molecule has 1 aromatic rings. The first-order valence-corrected chi connectivity index (χ1v) is 8.40. The SMILES string of the molecule is CN1CCc2[nH]nc(C(=O)N[C@@H]3[C@@H]4CCO[C@@H]4[C@H]3N(C)C)c2C1. The Morgan fingerprint density at radius 1 is 1.48 bits per heavy atom. The van der Waals surface area contributed by atoms with Gasteiger partial charge >= 0.3 is 0 Å². The molecule has 2 N–H and O–H groups in total. The number of likely N-dealkylation sites (N-methyl/N-ethyl adjacent to an activating group) is 2. The molecule has 0 bridgehead atoms. The van der Waals surface area contributed by atoms with Gasteiger partial charge in [-0.25, -0.2) is 0 Å². The summed E-state index contributed by atoms with van der Waals surface area (Å²) in [5.41, 5.74) is 2.72. The molecular weight excluding hydrogens is 294 g/mol. The number of H-pyrrole nitrogens is 1. The summed E-state index contributed by atoms with van der Waals surface area (Å²) < 4.78 is 5.81. The Labute approximate surface area is 136 Å². The first-order chi connectivity index (χ1) is 11.1. The lowest BCUT2D eigenvalue weighted by atomic mass is 9.71. The van der Waals surface area contributed by atoms with E-state index in [1.807, 2.05) is 14.1 Å². The number of amides is 1. The Morgan fingerprint density at radius 3 is 3.09 bits per heavy atom. The summed E-state index contributed by atoms with van der Waals surface area (Å²) in [6.07, 6.45) is 2.21. The fraction of sp³-hybridized carbons (Fsp3) is 0.750. The fourth-order valence-corrected chi connectivity index (χ4v) is 4.32. The first-order valence-electron chi connectivity index (χ1n) is 8.40. The van der Waals surface area contributed by atoms with Crippen LogP contribution in [0.1, 0.15) is 28.2 Å². The summed E-state index contributed by atoms with van der Waals surface area (Å²) >= 11 is 0. The summed E-state index contributed by atoms with van der Waals surface area (Å²) in [7, 11) is 6.17. The van der Waals surface area contributed by atoms with Gasteiger partial charge in [0.2, 0.25) is 0 Å². The average molecular weight is 319 g/mol. The quantitative estimate of drug-likeness (QED) is 0.810. The zero-order valence-corrected chi connectivity index (χ0v) is 14.0. The maximum atomic E-state index is 12.8. The highest BCUT2D eigenvalue weighted by Gasteiger charge is 2.55. The van der Waals surface area contributed by atoms with Gasteiger partial charge in [-0.05, 0) is 27.6 Å². The van der Waals surface area contributed by atoms with Gasteiger partial charge in [-0.2, -0.15) is 5.10 Å². The number of carbonyl (C=O) groups is 1. The Morgan fingerprint density at radius 2 is 2.30 bits per heavy atom. The van der Waals surface area contributed by atoms with E-state index in [9.17, 15) is 4.79 Å². The molecule has 1 aromatic heterocycles. The lowest BCUT2D eigenvalue weighted by Crippen LogP contribution is -2.69. The zero-order valence-electron chi connectivity index (χ0n) is 14.0. The van der Waals surface area contributed by atoms with E-state index < -0.39 is 0 Å². The second kappa shape index (κ2) is 5.58. The molecule has 2 aliphatic heterocycles. The highest BCUT2D eigenvalue weighted by atomic mass is 16.5. The number of nitrogens with zero attached hydrogens (tertiary/aromatic N) is 3. The Kier molecular flexibility index (Phi) is 3.66. The Balaban J connectivity index is 1.51. The predicted octanol–water partition coefficient (Wildman–Crippen LogP) is -0.155. The van der Waals surface area contributed by atoms with Gasteiger partial charge in [-0.3, -0.25) is 9.89 Å². The van der Waals surface area contributed by atoms with Crippen LogP contribution in [0.5, 0.6) is 0 Å². The summed E-state index contributed by atoms with van der Waals surface area (Å²) in [5, 5.41) is 10.6. The van der Waals surface area contributed by atoms with E-state index in [1.165, 1.54) is 0 Å². The number of hydrogen-bond donors (Lipinski definition) is 2. The molecule has 0 aromatic carbocycles. The molecule has 3 aliphatic rings. The van der Waals surface area contributed by atoms with Gasteiger partial charge in [0.25, 0.3) is 5.91 Å². The molecular formula is C16H25N5O2. The highest BCUT2D eigenvalue weighted by molar-refractivity contribution is 5.94. The highest BCUT2D eigenvalue weighted by Crippen LogP contribution is 2.41. The van der Waals surface area contributed by atoms with Gasteiger partial charge in [0.15, 0.2) is 5.69 Å². The largest absolute Gasteiger partial charge is 0.376 e. The summed E-state index contributed by atoms with van der Waals surface area (Å²) in [5.74, 6) is 0.379. The second-order valence-corrected chi connectivity index (χ2v) is 7.26. The first kappa shape index (κ1) is 15.1.